The normalized spacial score (nSPS) is 20.3. The number of quaternary nitrogens is 1. The predicted molar refractivity (Wildman–Crippen MR) is 245 cm³/mol. The van der Waals surface area contributed by atoms with Crippen molar-refractivity contribution in [1.82, 2.24) is 0 Å². The maximum absolute atomic E-state index is 12.8. The number of hydrogen-bond donors (Lipinski definition) is 4. The highest BCUT2D eigenvalue weighted by molar-refractivity contribution is 7.47. The van der Waals surface area contributed by atoms with Crippen molar-refractivity contribution >= 4 is 19.8 Å². The summed E-state index contributed by atoms with van der Waals surface area (Å²) in [6, 6.07) is 0. The summed E-state index contributed by atoms with van der Waals surface area (Å²) in [5, 5.41) is 31.0. The van der Waals surface area contributed by atoms with Crippen molar-refractivity contribution in [3.63, 3.8) is 0 Å². The Morgan fingerprint density at radius 1 is 0.825 bits per heavy atom. The Hall–Kier alpha value is -2.39. The molecule has 1 aliphatic heterocycles. The molecule has 0 radical (unpaired) electrons. The van der Waals surface area contributed by atoms with Gasteiger partial charge in [0.2, 0.25) is 0 Å². The molecule has 0 aromatic carbocycles. The lowest BCUT2D eigenvalue weighted by atomic mass is 9.87. The minimum atomic E-state index is -4.46. The number of nitrogens with zero attached hydrogens (tertiary/aromatic N) is 1. The number of furan rings is 1. The van der Waals surface area contributed by atoms with Crippen LogP contribution in [0.25, 0.3) is 0 Å². The highest BCUT2D eigenvalue weighted by Gasteiger charge is 2.35. The molecule has 1 saturated heterocycles. The standard InChI is InChI=1S/C48H84NO13P/c1-8-10-19-25-39(50)30-31-45-41(42(51)34-48(54)62-45)26-20-17-18-22-28-46(52)57-35-40(36-59-63(55,56)58-33-32-49(5,6)7)60-47(53)29-23-16-14-12-11-13-15-21-27-44-38(4)37(3)43(61-44)24-9-2/h17,20,30-31,39-42,45,48,50-51,54H,8-16,18-19,21-29,32-36H2,1-7H3/p+1/b20-17-,31-30+/t39-,40+,41-,42-,45+,48?/m0/s1. The second-order valence-corrected chi connectivity index (χ2v) is 19.7. The van der Waals surface area contributed by atoms with Gasteiger partial charge in [0.05, 0.1) is 46.1 Å². The molecule has 0 aliphatic carbocycles. The number of hydrogen-bond acceptors (Lipinski definition) is 12. The lowest BCUT2D eigenvalue weighted by molar-refractivity contribution is -0.870. The summed E-state index contributed by atoms with van der Waals surface area (Å²) in [6.45, 7) is 8.20. The van der Waals surface area contributed by atoms with Crippen LogP contribution in [-0.2, 0) is 50.3 Å². The van der Waals surface area contributed by atoms with Crippen molar-refractivity contribution in [2.75, 3.05) is 47.5 Å². The topological polar surface area (TPSA) is 191 Å². The zero-order chi connectivity index (χ0) is 46.7. The first-order chi connectivity index (χ1) is 29.9. The Labute approximate surface area is 378 Å². The van der Waals surface area contributed by atoms with Crippen LogP contribution in [-0.4, -0.2) is 115 Å². The van der Waals surface area contributed by atoms with E-state index in [9.17, 15) is 34.4 Å². The monoisotopic (exact) mass is 915 g/mol. The van der Waals surface area contributed by atoms with Crippen LogP contribution in [0.5, 0.6) is 0 Å². The third-order valence-electron chi connectivity index (χ3n) is 11.5. The molecule has 7 atom stereocenters. The molecule has 0 saturated carbocycles. The van der Waals surface area contributed by atoms with Crippen LogP contribution < -0.4 is 0 Å². The Morgan fingerprint density at radius 3 is 2.14 bits per heavy atom. The smallest absolute Gasteiger partial charge is 0.466 e. The second-order valence-electron chi connectivity index (χ2n) is 18.3. The first-order valence-electron chi connectivity index (χ1n) is 23.8. The SMILES string of the molecule is CCCCC[C@H](O)/C=C/[C@H]1OC(O)C[C@H](O)[C@@H]1C/C=C\CCCC(=O)OC[C@H](COP(=O)(O)OCC[N+](C)(C)C)OC(=O)CCCCCCCCCCc1oc(CCC)c(C)c1C. The van der Waals surface area contributed by atoms with Gasteiger partial charge < -0.3 is 43.3 Å². The number of ether oxygens (including phenoxy) is 3. The summed E-state index contributed by atoms with van der Waals surface area (Å²) in [6.07, 6.45) is 19.8. The fraction of sp³-hybridized carbons (Fsp3) is 0.792. The number of carbonyl (C=O) groups excluding carboxylic acids is 2. The highest BCUT2D eigenvalue weighted by atomic mass is 31.2. The van der Waals surface area contributed by atoms with E-state index in [-0.39, 0.29) is 38.4 Å². The number of aliphatic hydroxyl groups is 3. The van der Waals surface area contributed by atoms with E-state index in [0.717, 1.165) is 95.0 Å². The number of rotatable bonds is 35. The van der Waals surface area contributed by atoms with Crippen LogP contribution in [0.4, 0.5) is 0 Å². The van der Waals surface area contributed by atoms with E-state index in [1.807, 2.05) is 33.3 Å². The van der Waals surface area contributed by atoms with Crippen LogP contribution in [0.1, 0.15) is 158 Å². The Morgan fingerprint density at radius 2 is 1.48 bits per heavy atom. The maximum atomic E-state index is 12.8. The van der Waals surface area contributed by atoms with Crippen molar-refractivity contribution in [3.8, 4) is 0 Å². The molecule has 63 heavy (non-hydrogen) atoms. The number of phosphoric acid groups is 1. The Balaban J connectivity index is 1.76. The molecule has 364 valence electrons. The second kappa shape index (κ2) is 31.5. The molecule has 0 spiro atoms. The number of unbranched alkanes of at least 4 members (excludes halogenated alkanes) is 10. The van der Waals surface area contributed by atoms with Gasteiger partial charge in [-0.25, -0.2) is 4.57 Å². The van der Waals surface area contributed by atoms with Gasteiger partial charge in [0, 0.05) is 38.0 Å². The van der Waals surface area contributed by atoms with Crippen LogP contribution in [0, 0.1) is 19.8 Å². The zero-order valence-corrected chi connectivity index (χ0v) is 40.7. The van der Waals surface area contributed by atoms with Crippen LogP contribution in [0.2, 0.25) is 0 Å². The number of esters is 2. The van der Waals surface area contributed by atoms with Crippen molar-refractivity contribution in [2.24, 2.45) is 5.92 Å². The van der Waals surface area contributed by atoms with Crippen molar-refractivity contribution < 1.29 is 66.5 Å². The van der Waals surface area contributed by atoms with E-state index in [1.165, 1.54) is 11.1 Å². The average molecular weight is 915 g/mol. The van der Waals surface area contributed by atoms with Crippen molar-refractivity contribution in [1.29, 1.82) is 0 Å². The van der Waals surface area contributed by atoms with E-state index in [4.69, 9.17) is 27.7 Å². The van der Waals surface area contributed by atoms with Gasteiger partial charge in [-0.2, -0.15) is 0 Å². The lowest BCUT2D eigenvalue weighted by Crippen LogP contribution is -2.43. The first-order valence-corrected chi connectivity index (χ1v) is 25.3. The molecule has 1 aromatic rings. The third-order valence-corrected chi connectivity index (χ3v) is 12.4. The van der Waals surface area contributed by atoms with Crippen LogP contribution >= 0.6 is 7.82 Å². The minimum Gasteiger partial charge on any atom is -0.466 e. The van der Waals surface area contributed by atoms with Crippen LogP contribution in [0.3, 0.4) is 0 Å². The van der Waals surface area contributed by atoms with E-state index in [0.29, 0.717) is 43.1 Å². The molecule has 0 amide bonds. The number of likely N-dealkylation sites (N-methyl/N-ethyl adjacent to an activating group) is 1. The summed E-state index contributed by atoms with van der Waals surface area (Å²) >= 11 is 0. The van der Waals surface area contributed by atoms with Gasteiger partial charge in [0.15, 0.2) is 12.4 Å². The van der Waals surface area contributed by atoms with Gasteiger partial charge in [-0.15, -0.1) is 0 Å². The fourth-order valence-electron chi connectivity index (χ4n) is 7.39. The molecule has 2 heterocycles. The minimum absolute atomic E-state index is 0.0193. The van der Waals surface area contributed by atoms with E-state index >= 15 is 0 Å². The number of allylic oxidation sites excluding steroid dienone is 2. The molecular weight excluding hydrogens is 829 g/mol. The quantitative estimate of drug-likeness (QED) is 0.0166. The van der Waals surface area contributed by atoms with Crippen molar-refractivity contribution in [3.05, 3.63) is 47.0 Å². The van der Waals surface area contributed by atoms with Gasteiger partial charge >= 0.3 is 19.8 Å². The molecule has 15 heteroatoms. The number of aliphatic hydroxyl groups excluding tert-OH is 3. The molecule has 1 fully saturated rings. The number of phosphoric ester groups is 1. The van der Waals surface area contributed by atoms with Crippen LogP contribution in [0.15, 0.2) is 28.7 Å². The Bertz CT molecular complexity index is 1520. The molecule has 2 unspecified atom stereocenters. The first kappa shape index (κ1) is 56.7. The number of aryl methyl sites for hydroxylation is 2. The van der Waals surface area contributed by atoms with Gasteiger partial charge in [-0.1, -0.05) is 95.9 Å². The summed E-state index contributed by atoms with van der Waals surface area (Å²) < 4.78 is 46.2. The van der Waals surface area contributed by atoms with Gasteiger partial charge in [0.1, 0.15) is 31.3 Å². The summed E-state index contributed by atoms with van der Waals surface area (Å²) in [4.78, 5) is 35.8. The Kier molecular flexibility index (Phi) is 28.4. The molecule has 14 nitrogen and oxygen atoms in total. The molecular formula is C48H85NO13P+. The van der Waals surface area contributed by atoms with Gasteiger partial charge in [0.25, 0.3) is 0 Å². The predicted octanol–water partition coefficient (Wildman–Crippen LogP) is 8.90. The van der Waals surface area contributed by atoms with Crippen molar-refractivity contribution in [2.45, 2.75) is 193 Å². The largest absolute Gasteiger partial charge is 0.472 e. The summed E-state index contributed by atoms with van der Waals surface area (Å²) in [5.41, 5.74) is 2.59. The van der Waals surface area contributed by atoms with E-state index in [1.54, 1.807) is 12.2 Å². The maximum Gasteiger partial charge on any atom is 0.472 e. The number of carbonyl (C=O) groups is 2. The molecule has 0 bridgehead atoms. The third kappa shape index (κ3) is 25.8. The van der Waals surface area contributed by atoms with E-state index in [2.05, 4.69) is 27.7 Å². The average Bonchev–Trinajstić information content (AvgIpc) is 3.47. The molecule has 2 rings (SSSR count). The fourth-order valence-corrected chi connectivity index (χ4v) is 8.14. The highest BCUT2D eigenvalue weighted by Crippen LogP contribution is 2.43. The molecule has 1 aliphatic rings. The van der Waals surface area contributed by atoms with Gasteiger partial charge in [-0.05, 0) is 69.9 Å². The van der Waals surface area contributed by atoms with E-state index < -0.39 is 57.1 Å². The molecule has 4 N–H and O–H groups in total. The molecule has 1 aromatic heterocycles. The lowest BCUT2D eigenvalue weighted by Gasteiger charge is -2.36. The summed E-state index contributed by atoms with van der Waals surface area (Å²) in [5.74, 6) is 0.934. The zero-order valence-electron chi connectivity index (χ0n) is 39.8. The van der Waals surface area contributed by atoms with Gasteiger partial charge in [-0.3, -0.25) is 18.6 Å². The summed E-state index contributed by atoms with van der Waals surface area (Å²) in [7, 11) is 1.30.